The summed E-state index contributed by atoms with van der Waals surface area (Å²) < 4.78 is 5.07. The topological polar surface area (TPSA) is 61.8 Å². The van der Waals surface area contributed by atoms with Crippen LogP contribution in [0.2, 0.25) is 0 Å². The zero-order valence-corrected chi connectivity index (χ0v) is 13.3. The number of halogens is 1. The molecule has 21 heavy (non-hydrogen) atoms. The molecule has 2 N–H and O–H groups in total. The molecule has 6 heteroatoms. The first kappa shape index (κ1) is 17.6. The number of hydrogen-bond acceptors (Lipinski definition) is 4. The van der Waals surface area contributed by atoms with E-state index in [0.29, 0.717) is 24.8 Å². The molecular weight excluding hydrogens is 292 g/mol. The van der Waals surface area contributed by atoms with E-state index in [9.17, 15) is 9.90 Å². The van der Waals surface area contributed by atoms with E-state index in [0.717, 1.165) is 24.9 Å². The molecule has 5 nitrogen and oxygen atoms in total. The molecule has 2 rings (SSSR count). The summed E-state index contributed by atoms with van der Waals surface area (Å²) in [5.41, 5.74) is 0.940. The van der Waals surface area contributed by atoms with E-state index in [-0.39, 0.29) is 24.1 Å². The van der Waals surface area contributed by atoms with E-state index < -0.39 is 0 Å². The van der Waals surface area contributed by atoms with Gasteiger partial charge >= 0.3 is 0 Å². The summed E-state index contributed by atoms with van der Waals surface area (Å²) in [5.74, 6) is 0.678. The van der Waals surface area contributed by atoms with Gasteiger partial charge in [-0.2, -0.15) is 0 Å². The van der Waals surface area contributed by atoms with Crippen LogP contribution in [0, 0.1) is 0 Å². The molecule has 1 aliphatic rings. The highest BCUT2D eigenvalue weighted by molar-refractivity contribution is 5.85. The average molecular weight is 315 g/mol. The van der Waals surface area contributed by atoms with Crippen LogP contribution in [0.3, 0.4) is 0 Å². The number of benzene rings is 1. The van der Waals surface area contributed by atoms with Gasteiger partial charge in [0.05, 0.1) is 7.11 Å². The van der Waals surface area contributed by atoms with Crippen LogP contribution in [0.5, 0.6) is 11.5 Å². The average Bonchev–Trinajstić information content (AvgIpc) is 2.93. The Kier molecular flexibility index (Phi) is 6.78. The maximum atomic E-state index is 12.1. The second-order valence-electron chi connectivity index (χ2n) is 5.25. The Labute approximate surface area is 131 Å². The minimum atomic E-state index is 0. The standard InChI is InChI=1S/C15H22N2O3.ClH/c1-17(15(19)9-12-4-3-7-16-12)10-11-5-6-13(18)14(8-11)20-2;/h5-6,8,12,16,18H,3-4,7,9-10H2,1-2H3;1H. The van der Waals surface area contributed by atoms with Gasteiger partial charge in [-0.05, 0) is 37.1 Å². The summed E-state index contributed by atoms with van der Waals surface area (Å²) in [6.07, 6.45) is 2.77. The third-order valence-corrected chi connectivity index (χ3v) is 3.67. The maximum Gasteiger partial charge on any atom is 0.224 e. The number of nitrogens with zero attached hydrogens (tertiary/aromatic N) is 1. The predicted octanol–water partition coefficient (Wildman–Crippen LogP) is 1.92. The van der Waals surface area contributed by atoms with Crippen LogP contribution in [0.15, 0.2) is 18.2 Å². The normalized spacial score (nSPS) is 17.1. The number of ether oxygens (including phenoxy) is 1. The molecule has 0 saturated carbocycles. The molecule has 1 aromatic rings. The van der Waals surface area contributed by atoms with Crippen molar-refractivity contribution in [1.29, 1.82) is 0 Å². The Balaban J connectivity index is 0.00000220. The van der Waals surface area contributed by atoms with Gasteiger partial charge in [0.25, 0.3) is 0 Å². The summed E-state index contributed by atoms with van der Waals surface area (Å²) >= 11 is 0. The predicted molar refractivity (Wildman–Crippen MR) is 84.0 cm³/mol. The highest BCUT2D eigenvalue weighted by atomic mass is 35.5. The third-order valence-electron chi connectivity index (χ3n) is 3.67. The monoisotopic (exact) mass is 314 g/mol. The first-order valence-electron chi connectivity index (χ1n) is 6.93. The summed E-state index contributed by atoms with van der Waals surface area (Å²) in [6.45, 7) is 1.53. The molecule has 1 amide bonds. The lowest BCUT2D eigenvalue weighted by molar-refractivity contribution is -0.130. The van der Waals surface area contributed by atoms with Gasteiger partial charge in [-0.15, -0.1) is 12.4 Å². The number of phenols is 1. The number of carbonyl (C=O) groups is 1. The maximum absolute atomic E-state index is 12.1. The molecule has 1 atom stereocenters. The van der Waals surface area contributed by atoms with Gasteiger partial charge in [-0.3, -0.25) is 4.79 Å². The van der Waals surface area contributed by atoms with Gasteiger partial charge in [0.1, 0.15) is 0 Å². The fourth-order valence-electron chi connectivity index (χ4n) is 2.48. The van der Waals surface area contributed by atoms with Crippen LogP contribution in [0.1, 0.15) is 24.8 Å². The second kappa shape index (κ2) is 8.10. The molecule has 118 valence electrons. The second-order valence-corrected chi connectivity index (χ2v) is 5.25. The summed E-state index contributed by atoms with van der Waals surface area (Å²) in [5, 5.41) is 12.9. The summed E-state index contributed by atoms with van der Waals surface area (Å²) in [4.78, 5) is 13.8. The van der Waals surface area contributed by atoms with Crippen molar-refractivity contribution in [3.63, 3.8) is 0 Å². The number of phenolic OH excluding ortho intramolecular Hbond substituents is 1. The van der Waals surface area contributed by atoms with Crippen molar-refractivity contribution < 1.29 is 14.6 Å². The van der Waals surface area contributed by atoms with Crippen molar-refractivity contribution in [2.24, 2.45) is 0 Å². The van der Waals surface area contributed by atoms with E-state index in [4.69, 9.17) is 4.74 Å². The number of rotatable bonds is 5. The molecule has 1 unspecified atom stereocenters. The lowest BCUT2D eigenvalue weighted by Gasteiger charge is -2.20. The van der Waals surface area contributed by atoms with Gasteiger partial charge in [0.15, 0.2) is 11.5 Å². The molecule has 0 aliphatic carbocycles. The van der Waals surface area contributed by atoms with Crippen molar-refractivity contribution in [3.8, 4) is 11.5 Å². The number of hydrogen-bond donors (Lipinski definition) is 2. The molecule has 1 aliphatic heterocycles. The van der Waals surface area contributed by atoms with Crippen LogP contribution >= 0.6 is 12.4 Å². The number of methoxy groups -OCH3 is 1. The van der Waals surface area contributed by atoms with Gasteiger partial charge in [-0.1, -0.05) is 6.07 Å². The van der Waals surface area contributed by atoms with E-state index >= 15 is 0 Å². The highest BCUT2D eigenvalue weighted by Gasteiger charge is 2.20. The van der Waals surface area contributed by atoms with Crippen molar-refractivity contribution >= 4 is 18.3 Å². The van der Waals surface area contributed by atoms with Gasteiger partial charge in [0.2, 0.25) is 5.91 Å². The van der Waals surface area contributed by atoms with Crippen LogP contribution in [0.25, 0.3) is 0 Å². The number of aromatic hydroxyl groups is 1. The minimum absolute atomic E-state index is 0. The van der Waals surface area contributed by atoms with Crippen molar-refractivity contribution in [2.45, 2.75) is 31.8 Å². The van der Waals surface area contributed by atoms with Crippen molar-refractivity contribution in [1.82, 2.24) is 10.2 Å². The molecule has 1 saturated heterocycles. The lowest BCUT2D eigenvalue weighted by Crippen LogP contribution is -2.33. The Bertz CT molecular complexity index is 476. The molecular formula is C15H23ClN2O3. The molecule has 0 spiro atoms. The molecule has 0 aromatic heterocycles. The Hall–Kier alpha value is -1.46. The molecule has 1 aromatic carbocycles. The SMILES string of the molecule is COc1cc(CN(C)C(=O)CC2CCCN2)ccc1O.Cl. The minimum Gasteiger partial charge on any atom is -0.504 e. The van der Waals surface area contributed by atoms with Gasteiger partial charge in [0, 0.05) is 26.1 Å². The Morgan fingerprint density at radius 1 is 1.52 bits per heavy atom. The molecule has 1 heterocycles. The van der Waals surface area contributed by atoms with Crippen LogP contribution < -0.4 is 10.1 Å². The van der Waals surface area contributed by atoms with E-state index in [2.05, 4.69) is 5.32 Å². The van der Waals surface area contributed by atoms with E-state index in [1.807, 2.05) is 0 Å². The lowest BCUT2D eigenvalue weighted by atomic mass is 10.1. The first-order valence-corrected chi connectivity index (χ1v) is 6.93. The van der Waals surface area contributed by atoms with Crippen LogP contribution in [0.4, 0.5) is 0 Å². The summed E-state index contributed by atoms with van der Waals surface area (Å²) in [7, 11) is 3.32. The molecule has 1 fully saturated rings. The Morgan fingerprint density at radius 3 is 2.90 bits per heavy atom. The number of nitrogens with one attached hydrogen (secondary N) is 1. The van der Waals surface area contributed by atoms with Crippen LogP contribution in [-0.4, -0.2) is 42.7 Å². The van der Waals surface area contributed by atoms with Gasteiger partial charge < -0.3 is 20.1 Å². The summed E-state index contributed by atoms with van der Waals surface area (Å²) in [6, 6.07) is 5.47. The van der Waals surface area contributed by atoms with Crippen LogP contribution in [-0.2, 0) is 11.3 Å². The zero-order chi connectivity index (χ0) is 14.5. The number of carbonyl (C=O) groups excluding carboxylic acids is 1. The Morgan fingerprint density at radius 2 is 2.29 bits per heavy atom. The third kappa shape index (κ3) is 4.79. The zero-order valence-electron chi connectivity index (χ0n) is 12.5. The van der Waals surface area contributed by atoms with E-state index in [1.165, 1.54) is 7.11 Å². The fraction of sp³-hybridized carbons (Fsp3) is 0.533. The quantitative estimate of drug-likeness (QED) is 0.871. The highest BCUT2D eigenvalue weighted by Crippen LogP contribution is 2.26. The smallest absolute Gasteiger partial charge is 0.224 e. The fourth-order valence-corrected chi connectivity index (χ4v) is 2.48. The van der Waals surface area contributed by atoms with Crippen molar-refractivity contribution in [3.05, 3.63) is 23.8 Å². The van der Waals surface area contributed by atoms with Crippen molar-refractivity contribution in [2.75, 3.05) is 20.7 Å². The molecule has 0 bridgehead atoms. The number of amides is 1. The molecule has 0 radical (unpaired) electrons. The largest absolute Gasteiger partial charge is 0.504 e. The van der Waals surface area contributed by atoms with Gasteiger partial charge in [-0.25, -0.2) is 0 Å². The van der Waals surface area contributed by atoms with E-state index in [1.54, 1.807) is 30.1 Å². The first-order chi connectivity index (χ1) is 9.60.